The first kappa shape index (κ1) is 11.8. The van der Waals surface area contributed by atoms with Gasteiger partial charge in [-0.05, 0) is 38.0 Å². The zero-order chi connectivity index (χ0) is 11.4. The molecule has 0 atom stereocenters. The number of aryl methyl sites for hydroxylation is 2. The Morgan fingerprint density at radius 1 is 1.27 bits per heavy atom. The molecule has 82 valence electrons. The first-order valence-corrected chi connectivity index (χ1v) is 5.37. The average Bonchev–Trinajstić information content (AvgIpc) is 2.20. The van der Waals surface area contributed by atoms with Crippen LogP contribution in [0.4, 0.5) is 0 Å². The fourth-order valence-corrected chi connectivity index (χ4v) is 1.69. The lowest BCUT2D eigenvalue weighted by Gasteiger charge is -2.12. The molecule has 2 nitrogen and oxygen atoms in total. The fourth-order valence-electron chi connectivity index (χ4n) is 1.69. The average molecular weight is 206 g/mol. The summed E-state index contributed by atoms with van der Waals surface area (Å²) < 4.78 is 5.52. The lowest BCUT2D eigenvalue weighted by atomic mass is 10.0. The molecule has 0 amide bonds. The number of carbonyl (C=O) groups is 1. The quantitative estimate of drug-likeness (QED) is 0.706. The van der Waals surface area contributed by atoms with Gasteiger partial charge in [0, 0.05) is 6.42 Å². The second-order valence-corrected chi connectivity index (χ2v) is 3.67. The molecule has 0 radical (unpaired) electrons. The van der Waals surface area contributed by atoms with E-state index in [2.05, 4.69) is 0 Å². The second-order valence-electron chi connectivity index (χ2n) is 3.67. The standard InChI is InChI=1S/C13H18O2/c1-5-12(14)11-8-9(3)7-10(4)13(11)15-6-2/h7-8H,5-6H2,1-4H3. The topological polar surface area (TPSA) is 26.3 Å². The highest BCUT2D eigenvalue weighted by Gasteiger charge is 2.13. The van der Waals surface area contributed by atoms with E-state index in [0.29, 0.717) is 13.0 Å². The summed E-state index contributed by atoms with van der Waals surface area (Å²) in [5, 5.41) is 0. The van der Waals surface area contributed by atoms with Crippen molar-refractivity contribution in [2.75, 3.05) is 6.61 Å². The Morgan fingerprint density at radius 2 is 1.93 bits per heavy atom. The van der Waals surface area contributed by atoms with Crippen LogP contribution in [0.1, 0.15) is 41.8 Å². The van der Waals surface area contributed by atoms with Crippen LogP contribution < -0.4 is 4.74 Å². The Hall–Kier alpha value is -1.31. The van der Waals surface area contributed by atoms with Gasteiger partial charge in [-0.1, -0.05) is 13.0 Å². The number of ether oxygens (including phenoxy) is 1. The van der Waals surface area contributed by atoms with E-state index in [-0.39, 0.29) is 5.78 Å². The minimum Gasteiger partial charge on any atom is -0.493 e. The van der Waals surface area contributed by atoms with Crippen LogP contribution in [0, 0.1) is 13.8 Å². The van der Waals surface area contributed by atoms with E-state index in [1.165, 1.54) is 0 Å². The van der Waals surface area contributed by atoms with Gasteiger partial charge in [-0.15, -0.1) is 0 Å². The van der Waals surface area contributed by atoms with Crippen LogP contribution in [0.25, 0.3) is 0 Å². The van der Waals surface area contributed by atoms with E-state index < -0.39 is 0 Å². The van der Waals surface area contributed by atoms with Crippen molar-refractivity contribution in [2.24, 2.45) is 0 Å². The number of ketones is 1. The molecule has 0 fully saturated rings. The van der Waals surface area contributed by atoms with Gasteiger partial charge in [-0.3, -0.25) is 4.79 Å². The minimum atomic E-state index is 0.144. The molecule has 1 rings (SSSR count). The third-order valence-electron chi connectivity index (χ3n) is 2.33. The number of hydrogen-bond acceptors (Lipinski definition) is 2. The Kier molecular flexibility index (Phi) is 3.89. The van der Waals surface area contributed by atoms with E-state index in [1.807, 2.05) is 39.8 Å². The maximum absolute atomic E-state index is 11.7. The molecule has 0 aliphatic carbocycles. The summed E-state index contributed by atoms with van der Waals surface area (Å²) in [6.45, 7) is 8.36. The van der Waals surface area contributed by atoms with Crippen molar-refractivity contribution in [1.82, 2.24) is 0 Å². The molecular formula is C13H18O2. The lowest BCUT2D eigenvalue weighted by Crippen LogP contribution is -2.05. The molecule has 0 saturated carbocycles. The summed E-state index contributed by atoms with van der Waals surface area (Å²) in [7, 11) is 0. The molecule has 0 aliphatic rings. The van der Waals surface area contributed by atoms with Crippen LogP contribution in [0.3, 0.4) is 0 Å². The van der Waals surface area contributed by atoms with E-state index in [9.17, 15) is 4.79 Å². The van der Waals surface area contributed by atoms with Crippen molar-refractivity contribution in [2.45, 2.75) is 34.1 Å². The lowest BCUT2D eigenvalue weighted by molar-refractivity contribution is 0.0984. The molecule has 1 aromatic carbocycles. The largest absolute Gasteiger partial charge is 0.493 e. The number of hydrogen-bond donors (Lipinski definition) is 0. The number of rotatable bonds is 4. The maximum Gasteiger partial charge on any atom is 0.166 e. The van der Waals surface area contributed by atoms with Crippen LogP contribution in [0.5, 0.6) is 5.75 Å². The highest BCUT2D eigenvalue weighted by Crippen LogP contribution is 2.26. The summed E-state index contributed by atoms with van der Waals surface area (Å²) in [6.07, 6.45) is 0.517. The van der Waals surface area contributed by atoms with Gasteiger partial charge < -0.3 is 4.74 Å². The van der Waals surface area contributed by atoms with Gasteiger partial charge in [-0.2, -0.15) is 0 Å². The van der Waals surface area contributed by atoms with Gasteiger partial charge in [0.05, 0.1) is 12.2 Å². The molecule has 0 aromatic heterocycles. The van der Waals surface area contributed by atoms with Gasteiger partial charge in [0.15, 0.2) is 5.78 Å². The third-order valence-corrected chi connectivity index (χ3v) is 2.33. The Bertz CT molecular complexity index is 367. The van der Waals surface area contributed by atoms with Crippen molar-refractivity contribution in [3.05, 3.63) is 28.8 Å². The third kappa shape index (κ3) is 2.58. The molecule has 0 bridgehead atoms. The molecule has 0 N–H and O–H groups in total. The van der Waals surface area contributed by atoms with Crippen LogP contribution in [-0.4, -0.2) is 12.4 Å². The highest BCUT2D eigenvalue weighted by molar-refractivity contribution is 5.99. The van der Waals surface area contributed by atoms with E-state index in [4.69, 9.17) is 4.74 Å². The summed E-state index contributed by atoms with van der Waals surface area (Å²) in [6, 6.07) is 3.95. The zero-order valence-electron chi connectivity index (χ0n) is 9.89. The molecule has 2 heteroatoms. The van der Waals surface area contributed by atoms with Crippen molar-refractivity contribution in [3.63, 3.8) is 0 Å². The number of benzene rings is 1. The van der Waals surface area contributed by atoms with Crippen LogP contribution in [-0.2, 0) is 0 Å². The van der Waals surface area contributed by atoms with Crippen molar-refractivity contribution < 1.29 is 9.53 Å². The summed E-state index contributed by atoms with van der Waals surface area (Å²) >= 11 is 0. The van der Waals surface area contributed by atoms with Gasteiger partial charge in [-0.25, -0.2) is 0 Å². The first-order chi connectivity index (χ1) is 7.10. The molecule has 0 spiro atoms. The first-order valence-electron chi connectivity index (χ1n) is 5.37. The normalized spacial score (nSPS) is 10.1. The van der Waals surface area contributed by atoms with Gasteiger partial charge in [0.2, 0.25) is 0 Å². The van der Waals surface area contributed by atoms with Crippen molar-refractivity contribution >= 4 is 5.78 Å². The molecule has 1 aromatic rings. The van der Waals surface area contributed by atoms with Crippen LogP contribution in [0.15, 0.2) is 12.1 Å². The molecule has 0 aliphatic heterocycles. The number of carbonyl (C=O) groups excluding carboxylic acids is 1. The predicted molar refractivity (Wildman–Crippen MR) is 61.7 cm³/mol. The maximum atomic E-state index is 11.7. The zero-order valence-corrected chi connectivity index (χ0v) is 9.89. The second kappa shape index (κ2) is 4.96. The Morgan fingerprint density at radius 3 is 2.47 bits per heavy atom. The molecular weight excluding hydrogens is 188 g/mol. The van der Waals surface area contributed by atoms with E-state index >= 15 is 0 Å². The molecule has 15 heavy (non-hydrogen) atoms. The summed E-state index contributed by atoms with van der Waals surface area (Å²) in [4.78, 5) is 11.7. The van der Waals surface area contributed by atoms with E-state index in [0.717, 1.165) is 22.4 Å². The minimum absolute atomic E-state index is 0.144. The van der Waals surface area contributed by atoms with Crippen molar-refractivity contribution in [3.8, 4) is 5.75 Å². The predicted octanol–water partition coefficient (Wildman–Crippen LogP) is 3.29. The molecule has 0 heterocycles. The van der Waals surface area contributed by atoms with Crippen molar-refractivity contribution in [1.29, 1.82) is 0 Å². The summed E-state index contributed by atoms with van der Waals surface area (Å²) in [5.41, 5.74) is 2.86. The van der Waals surface area contributed by atoms with E-state index in [1.54, 1.807) is 0 Å². The SMILES string of the molecule is CCOc1c(C)cc(C)cc1C(=O)CC. The van der Waals surface area contributed by atoms with Gasteiger partial charge in [0.25, 0.3) is 0 Å². The Labute approximate surface area is 91.3 Å². The molecule has 0 saturated heterocycles. The Balaban J connectivity index is 3.26. The fraction of sp³-hybridized carbons (Fsp3) is 0.462. The van der Waals surface area contributed by atoms with Gasteiger partial charge in [0.1, 0.15) is 5.75 Å². The smallest absolute Gasteiger partial charge is 0.166 e. The number of Topliss-reactive ketones (excluding diaryl/α,β-unsaturated/α-hetero) is 1. The highest BCUT2D eigenvalue weighted by atomic mass is 16.5. The van der Waals surface area contributed by atoms with Crippen LogP contribution >= 0.6 is 0 Å². The molecule has 0 unspecified atom stereocenters. The van der Waals surface area contributed by atoms with Crippen LogP contribution in [0.2, 0.25) is 0 Å². The summed E-state index contributed by atoms with van der Waals surface area (Å²) in [5.74, 6) is 0.889. The van der Waals surface area contributed by atoms with Gasteiger partial charge >= 0.3 is 0 Å². The monoisotopic (exact) mass is 206 g/mol.